The van der Waals surface area contributed by atoms with Crippen LogP contribution in [0.4, 0.5) is 4.39 Å². The molecule has 4 aromatic rings. The highest BCUT2D eigenvalue weighted by Crippen LogP contribution is 2.51. The van der Waals surface area contributed by atoms with E-state index in [9.17, 15) is 19.1 Å². The van der Waals surface area contributed by atoms with Crippen LogP contribution in [-0.2, 0) is 15.8 Å². The number of hydrogen-bond donors (Lipinski definition) is 3. The van der Waals surface area contributed by atoms with E-state index in [1.165, 1.54) is 7.11 Å². The van der Waals surface area contributed by atoms with E-state index >= 15 is 0 Å². The maximum Gasteiger partial charge on any atom is 0.251 e. The van der Waals surface area contributed by atoms with Crippen molar-refractivity contribution in [1.82, 2.24) is 20.1 Å². The lowest BCUT2D eigenvalue weighted by Crippen LogP contribution is -2.44. The van der Waals surface area contributed by atoms with Crippen LogP contribution in [0.25, 0.3) is 22.2 Å². The molecule has 0 bridgehead atoms. The summed E-state index contributed by atoms with van der Waals surface area (Å²) in [6, 6.07) is 7.54. The van der Waals surface area contributed by atoms with Crippen molar-refractivity contribution >= 4 is 45.9 Å². The second-order valence-electron chi connectivity index (χ2n) is 12.3. The average molecular weight is 655 g/mol. The van der Waals surface area contributed by atoms with Crippen LogP contribution in [0.15, 0.2) is 36.5 Å². The van der Waals surface area contributed by atoms with E-state index in [1.807, 2.05) is 10.9 Å². The average Bonchev–Trinajstić information content (AvgIpc) is 3.96. The van der Waals surface area contributed by atoms with Gasteiger partial charge >= 0.3 is 0 Å². The molecule has 2 amide bonds. The third kappa shape index (κ3) is 4.97. The summed E-state index contributed by atoms with van der Waals surface area (Å²) in [5.41, 5.74) is 4.66. The van der Waals surface area contributed by atoms with Crippen LogP contribution in [0.3, 0.4) is 0 Å². The Labute approximate surface area is 267 Å². The molecule has 13 heteroatoms. The van der Waals surface area contributed by atoms with E-state index in [0.29, 0.717) is 41.3 Å². The van der Waals surface area contributed by atoms with Gasteiger partial charge in [0.25, 0.3) is 5.91 Å². The molecule has 1 aliphatic heterocycles. The van der Waals surface area contributed by atoms with Crippen LogP contribution in [-0.4, -0.2) is 51.9 Å². The Bertz CT molecular complexity index is 1910. The van der Waals surface area contributed by atoms with Crippen molar-refractivity contribution < 1.29 is 28.6 Å². The van der Waals surface area contributed by atoms with E-state index in [-0.39, 0.29) is 51.8 Å². The number of amides is 2. The molecule has 0 radical (unpaired) electrons. The van der Waals surface area contributed by atoms with Gasteiger partial charge in [-0.05, 0) is 68.9 Å². The van der Waals surface area contributed by atoms with Crippen molar-refractivity contribution in [3.05, 3.63) is 69.2 Å². The zero-order valence-electron chi connectivity index (χ0n) is 24.5. The summed E-state index contributed by atoms with van der Waals surface area (Å²) in [7, 11) is 1.52. The molecule has 0 saturated heterocycles. The molecule has 2 fully saturated rings. The fraction of sp³-hybridized carbons (Fsp3) is 0.375. The molecule has 10 nitrogen and oxygen atoms in total. The van der Waals surface area contributed by atoms with Gasteiger partial charge in [0.1, 0.15) is 46.1 Å². The first-order valence-electron chi connectivity index (χ1n) is 14.6. The highest BCUT2D eigenvalue weighted by Gasteiger charge is 2.50. The molecule has 2 atom stereocenters. The van der Waals surface area contributed by atoms with E-state index < -0.39 is 28.6 Å². The molecule has 2 aromatic heterocycles. The maximum atomic E-state index is 14.6. The van der Waals surface area contributed by atoms with Crippen LogP contribution >= 0.6 is 23.2 Å². The maximum absolute atomic E-state index is 14.6. The lowest BCUT2D eigenvalue weighted by atomic mass is 9.81. The smallest absolute Gasteiger partial charge is 0.251 e. The van der Waals surface area contributed by atoms with Crippen LogP contribution in [0.2, 0.25) is 10.0 Å². The second-order valence-corrected chi connectivity index (χ2v) is 13.1. The van der Waals surface area contributed by atoms with Crippen molar-refractivity contribution in [1.29, 1.82) is 0 Å². The number of aromatic nitrogens is 3. The topological polar surface area (TPSA) is 142 Å². The molecule has 2 aromatic carbocycles. The Kier molecular flexibility index (Phi) is 6.99. The van der Waals surface area contributed by atoms with Gasteiger partial charge in [-0.3, -0.25) is 14.3 Å². The Balaban J connectivity index is 1.28. The summed E-state index contributed by atoms with van der Waals surface area (Å²) in [6.45, 7) is 1.34. The highest BCUT2D eigenvalue weighted by atomic mass is 35.5. The van der Waals surface area contributed by atoms with E-state index in [0.717, 1.165) is 30.4 Å². The number of rotatable bonds is 9. The number of pyridine rings is 1. The van der Waals surface area contributed by atoms with Gasteiger partial charge in [0, 0.05) is 28.3 Å². The molecule has 3 heterocycles. The fourth-order valence-corrected chi connectivity index (χ4v) is 6.38. The van der Waals surface area contributed by atoms with Crippen LogP contribution in [0.1, 0.15) is 60.3 Å². The predicted molar refractivity (Wildman–Crippen MR) is 165 cm³/mol. The summed E-state index contributed by atoms with van der Waals surface area (Å²) in [5, 5.41) is 20.5. The fourth-order valence-electron chi connectivity index (χ4n) is 5.98. The Morgan fingerprint density at radius 3 is 2.64 bits per heavy atom. The molecular weight excluding hydrogens is 624 g/mol. The first-order valence-corrected chi connectivity index (χ1v) is 15.4. The second kappa shape index (κ2) is 10.6. The number of primary amides is 1. The SMILES string of the molecule is COc1cc(C(=O)NC[C@](O)(c2cc3c(c(-c4cc(F)cc(Cl)c4Cl)n2)OC[C@]3(C)C(N)=O)C2CC2)cc2cn(C3CC3)nc12. The summed E-state index contributed by atoms with van der Waals surface area (Å²) >= 11 is 12.7. The van der Waals surface area contributed by atoms with Gasteiger partial charge in [-0.1, -0.05) is 23.2 Å². The van der Waals surface area contributed by atoms with Gasteiger partial charge in [0.2, 0.25) is 5.91 Å². The number of methoxy groups -OCH3 is 1. The number of carbonyl (C=O) groups excluding carboxylic acids is 2. The molecule has 234 valence electrons. The lowest BCUT2D eigenvalue weighted by molar-refractivity contribution is -0.123. The summed E-state index contributed by atoms with van der Waals surface area (Å²) in [4.78, 5) is 30.9. The number of carbonyl (C=O) groups is 2. The van der Waals surface area contributed by atoms with Crippen LogP contribution in [0, 0.1) is 11.7 Å². The monoisotopic (exact) mass is 653 g/mol. The summed E-state index contributed by atoms with van der Waals surface area (Å²) in [6.07, 6.45) is 5.38. The number of halogens is 3. The quantitative estimate of drug-likeness (QED) is 0.215. The zero-order chi connectivity index (χ0) is 31.8. The number of hydrogen-bond acceptors (Lipinski definition) is 7. The predicted octanol–water partition coefficient (Wildman–Crippen LogP) is 5.05. The number of benzene rings is 2. The van der Waals surface area contributed by atoms with Gasteiger partial charge in [0.05, 0.1) is 35.4 Å². The first-order chi connectivity index (χ1) is 21.4. The normalized spacial score (nSPS) is 20.4. The molecule has 2 aliphatic carbocycles. The number of nitrogens with two attached hydrogens (primary N) is 1. The van der Waals surface area contributed by atoms with Gasteiger partial charge in [-0.25, -0.2) is 9.37 Å². The summed E-state index contributed by atoms with van der Waals surface area (Å²) < 4.78 is 27.9. The zero-order valence-corrected chi connectivity index (χ0v) is 26.0. The molecule has 3 aliphatic rings. The van der Waals surface area contributed by atoms with Gasteiger partial charge in [0.15, 0.2) is 0 Å². The number of nitrogens with zero attached hydrogens (tertiary/aromatic N) is 3. The van der Waals surface area contributed by atoms with Crippen LogP contribution in [0.5, 0.6) is 11.5 Å². The van der Waals surface area contributed by atoms with E-state index in [1.54, 1.807) is 25.1 Å². The molecule has 7 rings (SSSR count). The van der Waals surface area contributed by atoms with Crippen molar-refractivity contribution in [2.75, 3.05) is 20.3 Å². The highest BCUT2D eigenvalue weighted by molar-refractivity contribution is 6.43. The number of nitrogens with one attached hydrogen (secondary N) is 1. The van der Waals surface area contributed by atoms with Gasteiger partial charge in [-0.15, -0.1) is 0 Å². The molecule has 2 saturated carbocycles. The van der Waals surface area contributed by atoms with E-state index in [4.69, 9.17) is 43.4 Å². The van der Waals surface area contributed by atoms with Crippen molar-refractivity contribution in [2.24, 2.45) is 11.7 Å². The molecule has 4 N–H and O–H groups in total. The molecule has 45 heavy (non-hydrogen) atoms. The number of fused-ring (bicyclic) bond motifs is 2. The molecular formula is C32H30Cl2FN5O5. The minimum Gasteiger partial charge on any atom is -0.494 e. The minimum atomic E-state index is -1.66. The van der Waals surface area contributed by atoms with Crippen molar-refractivity contribution in [3.63, 3.8) is 0 Å². The Morgan fingerprint density at radius 1 is 1.22 bits per heavy atom. The number of aliphatic hydroxyl groups is 1. The third-order valence-corrected chi connectivity index (χ3v) is 9.88. The molecule has 0 spiro atoms. The summed E-state index contributed by atoms with van der Waals surface area (Å²) in [5.74, 6) is -1.33. The van der Waals surface area contributed by atoms with Gasteiger partial charge < -0.3 is 25.6 Å². The first kappa shape index (κ1) is 29.8. The van der Waals surface area contributed by atoms with Crippen LogP contribution < -0.4 is 20.5 Å². The standard InChI is InChI=1S/C32H30Cl2FN5O5/c1-31(30(36)42)14-45-28-21(31)11-24(38-27(28)20-9-18(35)10-22(33)25(20)34)32(43,17-3-4-17)13-37-29(41)15-7-16-12-40(19-5-6-19)39-26(16)23(8-15)44-2/h7-12,17,19,43H,3-6,13-14H2,1-2H3,(H2,36,42)(H,37,41)/t31-,32+/m0/s1. The Morgan fingerprint density at radius 2 is 1.98 bits per heavy atom. The van der Waals surface area contributed by atoms with Crippen molar-refractivity contribution in [3.8, 4) is 22.8 Å². The van der Waals surface area contributed by atoms with Crippen molar-refractivity contribution in [2.45, 2.75) is 49.7 Å². The minimum absolute atomic E-state index is 0.0267. The Hall–Kier alpha value is -3.93. The lowest BCUT2D eigenvalue weighted by Gasteiger charge is -2.30. The largest absolute Gasteiger partial charge is 0.494 e. The molecule has 0 unspecified atom stereocenters. The van der Waals surface area contributed by atoms with Gasteiger partial charge in [-0.2, -0.15) is 5.10 Å². The van der Waals surface area contributed by atoms with E-state index in [2.05, 4.69) is 10.4 Å². The number of ether oxygens (including phenoxy) is 2. The third-order valence-electron chi connectivity index (χ3n) is 9.07.